The molecule has 0 fully saturated rings. The first-order chi connectivity index (χ1) is 14.7. The fourth-order valence-corrected chi connectivity index (χ4v) is 5.10. The lowest BCUT2D eigenvalue weighted by molar-refractivity contribution is -0.119. The Kier molecular flexibility index (Phi) is 7.25. The van der Waals surface area contributed by atoms with Crippen LogP contribution < -0.4 is 13.8 Å². The number of methoxy groups -OCH3 is 1. The third-order valence-electron chi connectivity index (χ3n) is 4.32. The summed E-state index contributed by atoms with van der Waals surface area (Å²) < 4.78 is 38.7. The number of anilines is 1. The van der Waals surface area contributed by atoms with Gasteiger partial charge in [-0.05, 0) is 70.9 Å². The van der Waals surface area contributed by atoms with Crippen LogP contribution in [-0.2, 0) is 14.8 Å². The molecule has 9 heteroatoms. The number of ether oxygens (including phenoxy) is 2. The maximum atomic E-state index is 13.3. The predicted molar refractivity (Wildman–Crippen MR) is 123 cm³/mol. The Morgan fingerprint density at radius 3 is 2.32 bits per heavy atom. The van der Waals surface area contributed by atoms with Crippen molar-refractivity contribution in [2.45, 2.75) is 11.8 Å². The van der Waals surface area contributed by atoms with Crippen LogP contribution in [0, 0.1) is 6.92 Å². The summed E-state index contributed by atoms with van der Waals surface area (Å²) in [4.78, 5) is 13.1. The van der Waals surface area contributed by atoms with Crippen LogP contribution in [0.25, 0.3) is 0 Å². The SMILES string of the molecule is COc1ccc(N(C(=O)COc2ccc(C)cc2Br)S(=O)(=O)c2ccccc2)cc1Cl. The minimum Gasteiger partial charge on any atom is -0.495 e. The second-order valence-electron chi connectivity index (χ2n) is 6.52. The molecular weight excluding hydrogens is 506 g/mol. The number of benzene rings is 3. The molecule has 0 atom stereocenters. The molecule has 0 unspecified atom stereocenters. The zero-order valence-corrected chi connectivity index (χ0v) is 19.9. The van der Waals surface area contributed by atoms with E-state index in [1.165, 1.54) is 37.4 Å². The average molecular weight is 525 g/mol. The number of rotatable bonds is 7. The van der Waals surface area contributed by atoms with E-state index in [1.54, 1.807) is 24.3 Å². The molecule has 0 spiro atoms. The number of hydrogen-bond donors (Lipinski definition) is 0. The Labute approximate surface area is 194 Å². The highest BCUT2D eigenvalue weighted by Crippen LogP contribution is 2.32. The molecule has 3 aromatic rings. The first kappa shape index (κ1) is 23.1. The lowest BCUT2D eigenvalue weighted by atomic mass is 10.2. The molecule has 31 heavy (non-hydrogen) atoms. The molecule has 3 rings (SSSR count). The lowest BCUT2D eigenvalue weighted by Gasteiger charge is -2.23. The summed E-state index contributed by atoms with van der Waals surface area (Å²) in [5, 5.41) is 0.170. The first-order valence-corrected chi connectivity index (χ1v) is 11.7. The van der Waals surface area contributed by atoms with Gasteiger partial charge in [-0.25, -0.2) is 8.42 Å². The number of nitrogens with zero attached hydrogens (tertiary/aromatic N) is 1. The fraction of sp³-hybridized carbons (Fsp3) is 0.136. The second kappa shape index (κ2) is 9.72. The Morgan fingerprint density at radius 1 is 1.03 bits per heavy atom. The van der Waals surface area contributed by atoms with Crippen LogP contribution in [0.1, 0.15) is 5.56 Å². The minimum absolute atomic E-state index is 0.0354. The quantitative estimate of drug-likeness (QED) is 0.424. The van der Waals surface area contributed by atoms with Crippen LogP contribution in [-0.4, -0.2) is 28.0 Å². The van der Waals surface area contributed by atoms with Gasteiger partial charge < -0.3 is 9.47 Å². The predicted octanol–water partition coefficient (Wildman–Crippen LogP) is 5.22. The molecule has 0 aromatic heterocycles. The smallest absolute Gasteiger partial charge is 0.278 e. The molecule has 0 aliphatic rings. The Morgan fingerprint density at radius 2 is 1.71 bits per heavy atom. The van der Waals surface area contributed by atoms with Crippen LogP contribution in [0.15, 0.2) is 76.1 Å². The highest BCUT2D eigenvalue weighted by atomic mass is 79.9. The van der Waals surface area contributed by atoms with E-state index in [-0.39, 0.29) is 15.6 Å². The van der Waals surface area contributed by atoms with Crippen molar-refractivity contribution in [3.8, 4) is 11.5 Å². The van der Waals surface area contributed by atoms with Crippen molar-refractivity contribution < 1.29 is 22.7 Å². The maximum Gasteiger partial charge on any atom is 0.278 e. The largest absolute Gasteiger partial charge is 0.495 e. The van der Waals surface area contributed by atoms with Gasteiger partial charge in [0.15, 0.2) is 6.61 Å². The number of halogens is 2. The average Bonchev–Trinajstić information content (AvgIpc) is 2.74. The second-order valence-corrected chi connectivity index (χ2v) is 9.57. The number of amides is 1. The third-order valence-corrected chi connectivity index (χ3v) is 6.99. The summed E-state index contributed by atoms with van der Waals surface area (Å²) in [5.74, 6) is -0.00362. The minimum atomic E-state index is -4.22. The van der Waals surface area contributed by atoms with E-state index in [2.05, 4.69) is 15.9 Å². The van der Waals surface area contributed by atoms with Gasteiger partial charge in [0, 0.05) is 0 Å². The van der Waals surface area contributed by atoms with Gasteiger partial charge in [0.25, 0.3) is 15.9 Å². The number of hydrogen-bond acceptors (Lipinski definition) is 5. The highest BCUT2D eigenvalue weighted by Gasteiger charge is 2.32. The van der Waals surface area contributed by atoms with Gasteiger partial charge in [-0.3, -0.25) is 4.79 Å². The molecule has 0 saturated heterocycles. The molecule has 6 nitrogen and oxygen atoms in total. The van der Waals surface area contributed by atoms with E-state index in [1.807, 2.05) is 19.1 Å². The van der Waals surface area contributed by atoms with Crippen LogP contribution in [0.2, 0.25) is 5.02 Å². The van der Waals surface area contributed by atoms with Crippen LogP contribution >= 0.6 is 27.5 Å². The maximum absolute atomic E-state index is 13.3. The van der Waals surface area contributed by atoms with E-state index < -0.39 is 22.5 Å². The number of sulfonamides is 1. The van der Waals surface area contributed by atoms with Crippen molar-refractivity contribution >= 4 is 49.1 Å². The van der Waals surface area contributed by atoms with E-state index in [4.69, 9.17) is 21.1 Å². The molecule has 162 valence electrons. The van der Waals surface area contributed by atoms with Gasteiger partial charge >= 0.3 is 0 Å². The monoisotopic (exact) mass is 523 g/mol. The molecule has 0 N–H and O–H groups in total. The van der Waals surface area contributed by atoms with E-state index in [9.17, 15) is 13.2 Å². The summed E-state index contributed by atoms with van der Waals surface area (Å²) in [6, 6.07) is 17.3. The van der Waals surface area contributed by atoms with E-state index in [0.717, 1.165) is 5.56 Å². The summed E-state index contributed by atoms with van der Waals surface area (Å²) in [6.07, 6.45) is 0. The van der Waals surface area contributed by atoms with E-state index in [0.29, 0.717) is 20.3 Å². The van der Waals surface area contributed by atoms with Crippen LogP contribution in [0.5, 0.6) is 11.5 Å². The van der Waals surface area contributed by atoms with Crippen molar-refractivity contribution in [1.82, 2.24) is 0 Å². The third kappa shape index (κ3) is 5.20. The van der Waals surface area contributed by atoms with Gasteiger partial charge in [-0.2, -0.15) is 4.31 Å². The number of carbonyl (C=O) groups excluding carboxylic acids is 1. The number of carbonyl (C=O) groups is 1. The van der Waals surface area contributed by atoms with Gasteiger partial charge in [0.2, 0.25) is 0 Å². The Balaban J connectivity index is 1.99. The van der Waals surface area contributed by atoms with Gasteiger partial charge in [-0.15, -0.1) is 0 Å². The molecule has 0 aliphatic heterocycles. The summed E-state index contributed by atoms with van der Waals surface area (Å²) in [6.45, 7) is 1.42. The van der Waals surface area contributed by atoms with Gasteiger partial charge in [0.05, 0.1) is 27.2 Å². The summed E-state index contributed by atoms with van der Waals surface area (Å²) in [5.41, 5.74) is 1.08. The highest BCUT2D eigenvalue weighted by molar-refractivity contribution is 9.10. The van der Waals surface area contributed by atoms with Crippen molar-refractivity contribution in [2.75, 3.05) is 18.0 Å². The van der Waals surface area contributed by atoms with Crippen molar-refractivity contribution in [3.05, 3.63) is 81.8 Å². The van der Waals surface area contributed by atoms with Crippen molar-refractivity contribution in [2.24, 2.45) is 0 Å². The molecule has 0 saturated carbocycles. The van der Waals surface area contributed by atoms with Crippen molar-refractivity contribution in [3.63, 3.8) is 0 Å². The molecule has 1 amide bonds. The number of aryl methyl sites for hydroxylation is 1. The molecule has 0 aliphatic carbocycles. The first-order valence-electron chi connectivity index (χ1n) is 9.09. The zero-order valence-electron chi connectivity index (χ0n) is 16.7. The summed E-state index contributed by atoms with van der Waals surface area (Å²) in [7, 11) is -2.78. The lowest BCUT2D eigenvalue weighted by Crippen LogP contribution is -2.40. The summed E-state index contributed by atoms with van der Waals surface area (Å²) >= 11 is 9.57. The Hall–Kier alpha value is -2.55. The standard InChI is InChI=1S/C22H19BrClNO5S/c1-15-8-10-20(18(23)12-15)30-14-22(26)25(16-9-11-21(29-2)19(24)13-16)31(27,28)17-6-4-3-5-7-17/h3-13H,14H2,1-2H3. The van der Waals surface area contributed by atoms with Gasteiger partial charge in [0.1, 0.15) is 11.5 Å². The molecule has 0 radical (unpaired) electrons. The molecular formula is C22H19BrClNO5S. The zero-order chi connectivity index (χ0) is 22.6. The topological polar surface area (TPSA) is 72.9 Å². The van der Waals surface area contributed by atoms with Crippen molar-refractivity contribution in [1.29, 1.82) is 0 Å². The van der Waals surface area contributed by atoms with Crippen LogP contribution in [0.4, 0.5) is 5.69 Å². The molecule has 3 aromatic carbocycles. The molecule has 0 heterocycles. The fourth-order valence-electron chi connectivity index (χ4n) is 2.82. The van der Waals surface area contributed by atoms with Gasteiger partial charge in [-0.1, -0.05) is 35.9 Å². The van der Waals surface area contributed by atoms with Crippen LogP contribution in [0.3, 0.4) is 0 Å². The normalized spacial score (nSPS) is 11.1. The molecule has 0 bridgehead atoms. The van der Waals surface area contributed by atoms with E-state index >= 15 is 0 Å². The Bertz CT molecular complexity index is 1200.